The molecule has 0 aromatic heterocycles. The molecule has 0 aromatic carbocycles. The quantitative estimate of drug-likeness (QED) is 0.373. The summed E-state index contributed by atoms with van der Waals surface area (Å²) in [6.07, 6.45) is 0. The first-order chi connectivity index (χ1) is 3.41. The van der Waals surface area contributed by atoms with E-state index in [1.54, 1.807) is 6.92 Å². The van der Waals surface area contributed by atoms with Crippen LogP contribution in [0.25, 0.3) is 0 Å². The predicted octanol–water partition coefficient (Wildman–Crippen LogP) is -2.43. The van der Waals surface area contributed by atoms with E-state index >= 15 is 0 Å². The van der Waals surface area contributed by atoms with E-state index in [1.165, 1.54) is 0 Å². The van der Waals surface area contributed by atoms with Crippen LogP contribution < -0.4 is 10.2 Å². The van der Waals surface area contributed by atoms with Gasteiger partial charge in [0.25, 0.3) is 0 Å². The summed E-state index contributed by atoms with van der Waals surface area (Å²) in [6.45, 7) is 1.93. The minimum absolute atomic E-state index is 0. The molecule has 3 nitrogen and oxygen atoms in total. The number of rotatable bonds is 0. The maximum absolute atomic E-state index is 8.25. The van der Waals surface area contributed by atoms with Crippen LogP contribution in [0, 0.1) is 0 Å². The van der Waals surface area contributed by atoms with Gasteiger partial charge in [0.2, 0.25) is 0 Å². The second kappa shape index (κ2) is 125. The van der Waals surface area contributed by atoms with Gasteiger partial charge in [-0.15, -0.1) is 0 Å². The van der Waals surface area contributed by atoms with Gasteiger partial charge in [-0.05, 0) is 6.92 Å². The number of hydrogen-bond acceptors (Lipinski definition) is 3. The topological polar surface area (TPSA) is 66.3 Å². The third kappa shape index (κ3) is 507. The Labute approximate surface area is 66.5 Å². The molecule has 0 spiro atoms. The van der Waals surface area contributed by atoms with Crippen LogP contribution in [0.15, 0.2) is 0 Å². The van der Waals surface area contributed by atoms with E-state index in [0.29, 0.717) is 0 Å². The van der Waals surface area contributed by atoms with Gasteiger partial charge in [-0.25, -0.2) is 0 Å². The summed E-state index contributed by atoms with van der Waals surface area (Å²) in [7, 11) is 1.50. The van der Waals surface area contributed by atoms with Crippen molar-refractivity contribution in [1.29, 1.82) is 0 Å². The van der Waals surface area contributed by atoms with Gasteiger partial charge in [0, 0.05) is 6.61 Å². The Hall–Kier alpha value is 0.646. The molecular weight excluding hydrogens is 120 g/mol. The molecule has 8 heavy (non-hydrogen) atoms. The Kier molecular flexibility index (Phi) is 365. The summed E-state index contributed by atoms with van der Waals surface area (Å²) in [5.74, 6) is 0. The molecule has 0 aliphatic heterocycles. The van der Waals surface area contributed by atoms with Crippen molar-refractivity contribution < 1.29 is 15.3 Å². The molecular formula is C4H12MgO3. The fourth-order valence-corrected chi connectivity index (χ4v) is 0. The van der Waals surface area contributed by atoms with Gasteiger partial charge in [0.05, 0.1) is 0 Å². The van der Waals surface area contributed by atoms with Crippen molar-refractivity contribution in [2.24, 2.45) is 0 Å². The van der Waals surface area contributed by atoms with E-state index in [-0.39, 0.29) is 29.7 Å². The summed E-state index contributed by atoms with van der Waals surface area (Å²) in [6, 6.07) is 0. The van der Waals surface area contributed by atoms with Crippen molar-refractivity contribution >= 4 is 23.1 Å². The first kappa shape index (κ1) is 23.4. The smallest absolute Gasteiger partial charge is 0.857 e. The molecule has 0 saturated heterocycles. The second-order valence-electron chi connectivity index (χ2n) is 0.316. The average Bonchev–Trinajstić information content (AvgIpc) is 1.78. The Morgan fingerprint density at radius 2 is 1.12 bits per heavy atom. The summed E-state index contributed by atoms with van der Waals surface area (Å²) in [5, 5.41) is 24.1. The van der Waals surface area contributed by atoms with Crippen molar-refractivity contribution in [2.75, 3.05) is 20.8 Å². The molecule has 0 aliphatic rings. The zero-order valence-electron chi connectivity index (χ0n) is 5.68. The van der Waals surface area contributed by atoms with E-state index < -0.39 is 0 Å². The number of hydrogen-bond donors (Lipinski definition) is 1. The van der Waals surface area contributed by atoms with Crippen molar-refractivity contribution in [2.45, 2.75) is 6.92 Å². The van der Waals surface area contributed by atoms with Crippen LogP contribution in [-0.4, -0.2) is 49.0 Å². The molecule has 0 aliphatic carbocycles. The molecule has 4 heteroatoms. The fourth-order valence-electron chi connectivity index (χ4n) is 0. The van der Waals surface area contributed by atoms with Crippen LogP contribution >= 0.6 is 0 Å². The molecule has 0 unspecified atom stereocenters. The molecule has 48 valence electrons. The predicted molar refractivity (Wildman–Crippen MR) is 30.4 cm³/mol. The van der Waals surface area contributed by atoms with E-state index in [4.69, 9.17) is 15.3 Å². The standard InChI is InChI=1S/C2H6O.2CH3O.Mg/c1-2-3;2*1-2;/h3H,2H2,1H3;2*1H3;/q;2*-1;+2. The van der Waals surface area contributed by atoms with E-state index in [0.717, 1.165) is 14.2 Å². The minimum atomic E-state index is 0. The zero-order chi connectivity index (χ0) is 6.71. The van der Waals surface area contributed by atoms with Gasteiger partial charge in [0.1, 0.15) is 0 Å². The second-order valence-corrected chi connectivity index (χ2v) is 0.316. The molecule has 0 amide bonds. The summed E-state index contributed by atoms with van der Waals surface area (Å²) < 4.78 is 0. The van der Waals surface area contributed by atoms with E-state index in [2.05, 4.69) is 0 Å². The molecule has 0 bridgehead atoms. The molecule has 1 N–H and O–H groups in total. The molecule has 0 radical (unpaired) electrons. The zero-order valence-corrected chi connectivity index (χ0v) is 7.09. The third-order valence-corrected chi connectivity index (χ3v) is 0. The van der Waals surface area contributed by atoms with E-state index in [1.807, 2.05) is 0 Å². The maximum Gasteiger partial charge on any atom is 2.00 e. The summed E-state index contributed by atoms with van der Waals surface area (Å²) in [4.78, 5) is 0. The Balaban J connectivity index is -0.0000000147. The van der Waals surface area contributed by atoms with Crippen molar-refractivity contribution in [3.05, 3.63) is 0 Å². The fraction of sp³-hybridized carbons (Fsp3) is 1.00. The monoisotopic (exact) mass is 132 g/mol. The summed E-state index contributed by atoms with van der Waals surface area (Å²) >= 11 is 0. The molecule has 0 saturated carbocycles. The van der Waals surface area contributed by atoms with Gasteiger partial charge < -0.3 is 15.3 Å². The van der Waals surface area contributed by atoms with Crippen LogP contribution in [0.3, 0.4) is 0 Å². The van der Waals surface area contributed by atoms with Crippen LogP contribution in [0.2, 0.25) is 0 Å². The average molecular weight is 132 g/mol. The van der Waals surface area contributed by atoms with Gasteiger partial charge in [-0.1, -0.05) is 0 Å². The van der Waals surface area contributed by atoms with Gasteiger partial charge in [0.15, 0.2) is 0 Å². The molecule has 0 heterocycles. The molecule has 0 rings (SSSR count). The first-order valence-electron chi connectivity index (χ1n) is 1.84. The molecule has 0 aromatic rings. The van der Waals surface area contributed by atoms with Crippen molar-refractivity contribution in [3.8, 4) is 0 Å². The van der Waals surface area contributed by atoms with Crippen LogP contribution in [0.1, 0.15) is 6.92 Å². The van der Waals surface area contributed by atoms with Gasteiger partial charge >= 0.3 is 23.1 Å². The van der Waals surface area contributed by atoms with Crippen LogP contribution in [0.5, 0.6) is 0 Å². The molecule has 0 atom stereocenters. The van der Waals surface area contributed by atoms with Crippen molar-refractivity contribution in [1.82, 2.24) is 0 Å². The summed E-state index contributed by atoms with van der Waals surface area (Å²) in [5.41, 5.74) is 0. The Bertz CT molecular complexity index is 11.2. The maximum atomic E-state index is 8.25. The van der Waals surface area contributed by atoms with Crippen LogP contribution in [-0.2, 0) is 0 Å². The SMILES string of the molecule is CCO.C[O-].C[O-].[Mg+2]. The van der Waals surface area contributed by atoms with Crippen molar-refractivity contribution in [3.63, 3.8) is 0 Å². The minimum Gasteiger partial charge on any atom is -0.857 e. The molecule has 0 fully saturated rings. The van der Waals surface area contributed by atoms with Gasteiger partial charge in [-0.3, -0.25) is 0 Å². The van der Waals surface area contributed by atoms with E-state index in [9.17, 15) is 0 Å². The largest absolute Gasteiger partial charge is 2.00 e. The first-order valence-corrected chi connectivity index (χ1v) is 1.84. The third-order valence-electron chi connectivity index (χ3n) is 0. The number of aliphatic hydroxyl groups is 1. The number of aliphatic hydroxyl groups excluding tert-OH is 1. The van der Waals surface area contributed by atoms with Gasteiger partial charge in [-0.2, -0.15) is 14.2 Å². The normalized spacial score (nSPS) is 3.75. The Morgan fingerprint density at radius 3 is 1.12 bits per heavy atom. The van der Waals surface area contributed by atoms with Crippen LogP contribution in [0.4, 0.5) is 0 Å². The Morgan fingerprint density at radius 1 is 1.12 bits per heavy atom.